The molecule has 1 saturated carbocycles. The second kappa shape index (κ2) is 12.4. The Bertz CT molecular complexity index is 878. The van der Waals surface area contributed by atoms with E-state index < -0.39 is 0 Å². The Morgan fingerprint density at radius 3 is 2.66 bits per heavy atom. The highest BCUT2D eigenvalue weighted by Crippen LogP contribution is 2.29. The van der Waals surface area contributed by atoms with Crippen LogP contribution in [-0.4, -0.2) is 48.6 Å². The van der Waals surface area contributed by atoms with Gasteiger partial charge in [0.05, 0.1) is 6.61 Å². The summed E-state index contributed by atoms with van der Waals surface area (Å²) in [5.74, 6) is 2.31. The molecule has 1 saturated heterocycles. The summed E-state index contributed by atoms with van der Waals surface area (Å²) in [5, 5.41) is 7.04. The van der Waals surface area contributed by atoms with Crippen molar-refractivity contribution in [3.63, 3.8) is 0 Å². The van der Waals surface area contributed by atoms with Gasteiger partial charge in [0.2, 0.25) is 5.88 Å². The lowest BCUT2D eigenvalue weighted by atomic mass is 10.0. The van der Waals surface area contributed by atoms with Crippen molar-refractivity contribution in [2.24, 2.45) is 10.9 Å². The maximum atomic E-state index is 5.80. The highest BCUT2D eigenvalue weighted by molar-refractivity contribution is 14.0. The molecule has 0 bridgehead atoms. The second-order valence-corrected chi connectivity index (χ2v) is 8.80. The van der Waals surface area contributed by atoms with E-state index in [4.69, 9.17) is 4.74 Å². The molecule has 0 amide bonds. The Balaban J connectivity index is 0.00000289. The Labute approximate surface area is 209 Å². The molecule has 32 heavy (non-hydrogen) atoms. The lowest BCUT2D eigenvalue weighted by Crippen LogP contribution is -2.48. The van der Waals surface area contributed by atoms with E-state index in [1.807, 2.05) is 25.4 Å². The third-order valence-electron chi connectivity index (χ3n) is 6.23. The van der Waals surface area contributed by atoms with Crippen LogP contribution in [0.4, 0.5) is 0 Å². The van der Waals surface area contributed by atoms with Gasteiger partial charge in [0.15, 0.2) is 5.96 Å². The Hall–Kier alpha value is -1.87. The minimum atomic E-state index is 0. The largest absolute Gasteiger partial charge is 0.477 e. The molecule has 2 N–H and O–H groups in total. The van der Waals surface area contributed by atoms with Crippen LogP contribution in [0.5, 0.6) is 5.88 Å². The number of likely N-dealkylation sites (tertiary alicyclic amines) is 1. The third kappa shape index (κ3) is 7.62. The van der Waals surface area contributed by atoms with Crippen LogP contribution in [0.15, 0.2) is 47.6 Å². The van der Waals surface area contributed by atoms with Crippen LogP contribution < -0.4 is 15.4 Å². The summed E-state index contributed by atoms with van der Waals surface area (Å²) >= 11 is 0. The monoisotopic (exact) mass is 549 g/mol. The number of piperidine rings is 1. The molecular formula is C25H36IN5O. The Morgan fingerprint density at radius 1 is 1.16 bits per heavy atom. The number of guanidine groups is 1. The predicted molar refractivity (Wildman–Crippen MR) is 141 cm³/mol. The van der Waals surface area contributed by atoms with E-state index >= 15 is 0 Å². The zero-order chi connectivity index (χ0) is 21.5. The fraction of sp³-hybridized carbons (Fsp3) is 0.520. The van der Waals surface area contributed by atoms with Gasteiger partial charge >= 0.3 is 0 Å². The van der Waals surface area contributed by atoms with Gasteiger partial charge in [0.25, 0.3) is 0 Å². The van der Waals surface area contributed by atoms with Crippen molar-refractivity contribution in [1.82, 2.24) is 20.5 Å². The van der Waals surface area contributed by atoms with E-state index in [9.17, 15) is 0 Å². The lowest BCUT2D eigenvalue weighted by Gasteiger charge is -2.33. The standard InChI is InChI=1S/C25H35N5O.HI/c1-19-5-3-4-6-22(19)17-30-13-10-23(11-14-30)29-25(26-2)28-16-21-9-12-27-24(15-21)31-18-20-7-8-20;/h3-6,9,12,15,20,23H,7-8,10-11,13-14,16-18H2,1-2H3,(H2,26,28,29);1H. The molecule has 0 unspecified atom stereocenters. The Morgan fingerprint density at radius 2 is 1.94 bits per heavy atom. The molecule has 4 rings (SSSR count). The van der Waals surface area contributed by atoms with Crippen molar-refractivity contribution in [2.45, 2.75) is 51.7 Å². The summed E-state index contributed by atoms with van der Waals surface area (Å²) in [6, 6.07) is 13.2. The highest BCUT2D eigenvalue weighted by Gasteiger charge is 2.22. The molecule has 0 spiro atoms. The van der Waals surface area contributed by atoms with Crippen molar-refractivity contribution in [3.05, 3.63) is 59.3 Å². The van der Waals surface area contributed by atoms with Crippen LogP contribution in [-0.2, 0) is 13.1 Å². The fourth-order valence-corrected chi connectivity index (χ4v) is 3.96. The number of aryl methyl sites for hydroxylation is 1. The van der Waals surface area contributed by atoms with E-state index in [1.54, 1.807) is 0 Å². The maximum absolute atomic E-state index is 5.80. The molecule has 2 heterocycles. The molecule has 1 aliphatic heterocycles. The van der Waals surface area contributed by atoms with Gasteiger partial charge in [0.1, 0.15) is 0 Å². The fourth-order valence-electron chi connectivity index (χ4n) is 3.96. The molecule has 0 atom stereocenters. The van der Waals surface area contributed by atoms with Crippen LogP contribution in [0.25, 0.3) is 0 Å². The van der Waals surface area contributed by atoms with Crippen LogP contribution in [0.1, 0.15) is 42.4 Å². The smallest absolute Gasteiger partial charge is 0.213 e. The average Bonchev–Trinajstić information content (AvgIpc) is 3.63. The lowest BCUT2D eigenvalue weighted by molar-refractivity contribution is 0.198. The van der Waals surface area contributed by atoms with Gasteiger partial charge in [-0.05, 0) is 61.3 Å². The number of aliphatic imine (C=N–C) groups is 1. The van der Waals surface area contributed by atoms with E-state index in [2.05, 4.69) is 56.7 Å². The molecule has 6 nitrogen and oxygen atoms in total. The molecule has 1 aromatic heterocycles. The molecular weight excluding hydrogens is 513 g/mol. The van der Waals surface area contributed by atoms with Gasteiger partial charge in [-0.1, -0.05) is 24.3 Å². The minimum absolute atomic E-state index is 0. The topological polar surface area (TPSA) is 61.8 Å². The van der Waals surface area contributed by atoms with Crippen molar-refractivity contribution in [3.8, 4) is 5.88 Å². The van der Waals surface area contributed by atoms with Crippen molar-refractivity contribution in [1.29, 1.82) is 0 Å². The number of nitrogens with zero attached hydrogens (tertiary/aromatic N) is 3. The number of hydrogen-bond acceptors (Lipinski definition) is 4. The van der Waals surface area contributed by atoms with Crippen molar-refractivity contribution < 1.29 is 4.74 Å². The molecule has 2 aliphatic rings. The zero-order valence-electron chi connectivity index (χ0n) is 19.2. The summed E-state index contributed by atoms with van der Waals surface area (Å²) in [5.41, 5.74) is 3.96. The highest BCUT2D eigenvalue weighted by atomic mass is 127. The first kappa shape index (κ1) is 24.8. The summed E-state index contributed by atoms with van der Waals surface area (Å²) in [6.45, 7) is 6.94. The third-order valence-corrected chi connectivity index (χ3v) is 6.23. The van der Waals surface area contributed by atoms with E-state index in [0.29, 0.717) is 12.6 Å². The van der Waals surface area contributed by atoms with Gasteiger partial charge in [0, 0.05) is 51.5 Å². The second-order valence-electron chi connectivity index (χ2n) is 8.80. The number of ether oxygens (including phenoxy) is 1. The number of pyridine rings is 1. The number of halogens is 1. The zero-order valence-corrected chi connectivity index (χ0v) is 21.5. The Kier molecular flexibility index (Phi) is 9.59. The summed E-state index contributed by atoms with van der Waals surface area (Å²) in [7, 11) is 1.83. The predicted octanol–water partition coefficient (Wildman–Crippen LogP) is 4.13. The van der Waals surface area contributed by atoms with Gasteiger partial charge in [-0.2, -0.15) is 0 Å². The van der Waals surface area contributed by atoms with Crippen LogP contribution in [0.2, 0.25) is 0 Å². The van der Waals surface area contributed by atoms with Crippen molar-refractivity contribution >= 4 is 29.9 Å². The molecule has 2 aromatic rings. The van der Waals surface area contributed by atoms with E-state index in [1.165, 1.54) is 24.0 Å². The van der Waals surface area contributed by atoms with E-state index in [0.717, 1.165) is 62.4 Å². The number of benzene rings is 1. The van der Waals surface area contributed by atoms with Crippen LogP contribution in [0.3, 0.4) is 0 Å². The summed E-state index contributed by atoms with van der Waals surface area (Å²) < 4.78 is 5.80. The first-order valence-corrected chi connectivity index (χ1v) is 11.5. The van der Waals surface area contributed by atoms with E-state index in [-0.39, 0.29) is 24.0 Å². The first-order chi connectivity index (χ1) is 15.2. The maximum Gasteiger partial charge on any atom is 0.213 e. The molecule has 7 heteroatoms. The number of rotatable bonds is 8. The van der Waals surface area contributed by atoms with Crippen molar-refractivity contribution in [2.75, 3.05) is 26.7 Å². The van der Waals surface area contributed by atoms with Gasteiger partial charge in [-0.3, -0.25) is 9.89 Å². The molecule has 1 aromatic carbocycles. The molecule has 1 aliphatic carbocycles. The minimum Gasteiger partial charge on any atom is -0.477 e. The SMILES string of the molecule is CN=C(NCc1ccnc(OCC2CC2)c1)NC1CCN(Cc2ccccc2C)CC1.I. The quantitative estimate of drug-likeness (QED) is 0.295. The number of aromatic nitrogens is 1. The molecule has 0 radical (unpaired) electrons. The van der Waals surface area contributed by atoms with Crippen LogP contribution >= 0.6 is 24.0 Å². The first-order valence-electron chi connectivity index (χ1n) is 11.5. The number of nitrogens with one attached hydrogen (secondary N) is 2. The van der Waals surface area contributed by atoms with Gasteiger partial charge in [-0.25, -0.2) is 4.98 Å². The molecule has 2 fully saturated rings. The van der Waals surface area contributed by atoms with Gasteiger partial charge in [-0.15, -0.1) is 24.0 Å². The summed E-state index contributed by atoms with van der Waals surface area (Å²) in [6.07, 6.45) is 6.64. The van der Waals surface area contributed by atoms with Gasteiger partial charge < -0.3 is 15.4 Å². The average molecular weight is 550 g/mol. The molecule has 174 valence electrons. The van der Waals surface area contributed by atoms with Crippen LogP contribution in [0, 0.1) is 12.8 Å². The number of hydrogen-bond donors (Lipinski definition) is 2. The normalized spacial score (nSPS) is 17.5. The summed E-state index contributed by atoms with van der Waals surface area (Å²) in [4.78, 5) is 11.3.